The Kier molecular flexibility index (Phi) is 6.92. The zero-order valence-electron chi connectivity index (χ0n) is 20.4. The predicted molar refractivity (Wildman–Crippen MR) is 140 cm³/mol. The smallest absolute Gasteiger partial charge is 0.380 e. The number of hydrogen-bond donors (Lipinski definition) is 1. The van der Waals surface area contributed by atoms with Gasteiger partial charge in [-0.3, -0.25) is 4.99 Å². The lowest BCUT2D eigenvalue weighted by Crippen LogP contribution is -2.49. The van der Waals surface area contributed by atoms with Crippen LogP contribution in [0.2, 0.25) is 0 Å². The van der Waals surface area contributed by atoms with Crippen LogP contribution in [0.4, 0.5) is 26.3 Å². The summed E-state index contributed by atoms with van der Waals surface area (Å²) in [7, 11) is 1.47. The zero-order chi connectivity index (χ0) is 28.2. The Bertz CT molecular complexity index is 1510. The minimum atomic E-state index is -5.67. The molecule has 1 aromatic heterocycles. The molecule has 0 unspecified atom stereocenters. The van der Waals surface area contributed by atoms with Crippen molar-refractivity contribution in [3.05, 3.63) is 86.8 Å². The lowest BCUT2D eigenvalue weighted by molar-refractivity contribution is -0.259. The van der Waals surface area contributed by atoms with Gasteiger partial charge in [-0.1, -0.05) is 42.1 Å². The molecule has 0 atom stereocenters. The first-order chi connectivity index (χ1) is 18.5. The summed E-state index contributed by atoms with van der Waals surface area (Å²) < 4.78 is 96.2. The molecule has 2 aromatic carbocycles. The quantitative estimate of drug-likeness (QED) is 0.322. The number of aliphatic imine (C=N–C) groups is 1. The number of methoxy groups -OCH3 is 1. The van der Waals surface area contributed by atoms with Crippen LogP contribution in [0, 0.1) is 0 Å². The van der Waals surface area contributed by atoms with Crippen molar-refractivity contribution in [2.24, 2.45) is 4.99 Å². The second kappa shape index (κ2) is 9.83. The molecule has 0 radical (unpaired) electrons. The van der Waals surface area contributed by atoms with Crippen molar-refractivity contribution in [1.82, 2.24) is 4.98 Å². The summed E-state index contributed by atoms with van der Waals surface area (Å²) in [5.74, 6) is -15.5. The summed E-state index contributed by atoms with van der Waals surface area (Å²) in [6, 6.07) is 12.8. The van der Waals surface area contributed by atoms with Crippen LogP contribution in [-0.2, 0) is 13.2 Å². The number of aromatic nitrogens is 1. The standard InChI is InChI=1S/C27H20F6N2O2S2/c1-3-19-20-21(26(30,31)27(32,33)25(20,28)29)22-18(35-24(39-22)16-8-10-17(37-2)11-9-16)12-34-23(38-19)15-6-4-14(13-36)5-7-15/h3-11,36H,12-13H2,1-2H3/b19-3+,34-23?. The molecular formula is C27H20F6N2O2S2. The van der Waals surface area contributed by atoms with E-state index in [9.17, 15) is 13.9 Å². The molecule has 12 heteroatoms. The van der Waals surface area contributed by atoms with E-state index in [1.807, 2.05) is 0 Å². The average molecular weight is 583 g/mol. The highest BCUT2D eigenvalue weighted by atomic mass is 32.2. The van der Waals surface area contributed by atoms with Gasteiger partial charge in [-0.2, -0.15) is 26.3 Å². The van der Waals surface area contributed by atoms with Gasteiger partial charge in [0.1, 0.15) is 15.8 Å². The summed E-state index contributed by atoms with van der Waals surface area (Å²) >= 11 is 1.25. The molecule has 204 valence electrons. The van der Waals surface area contributed by atoms with Crippen LogP contribution in [0.15, 0.2) is 70.1 Å². The Morgan fingerprint density at radius 1 is 0.923 bits per heavy atom. The molecule has 3 aromatic rings. The minimum absolute atomic E-state index is 0.117. The molecule has 0 amide bonds. The predicted octanol–water partition coefficient (Wildman–Crippen LogP) is 7.58. The molecule has 0 spiro atoms. The fourth-order valence-electron chi connectivity index (χ4n) is 4.31. The van der Waals surface area contributed by atoms with Crippen LogP contribution in [0.3, 0.4) is 0 Å². The lowest BCUT2D eigenvalue weighted by atomic mass is 10.0. The maximum atomic E-state index is 15.4. The number of benzene rings is 2. The largest absolute Gasteiger partial charge is 0.497 e. The molecule has 5 rings (SSSR count). The topological polar surface area (TPSA) is 54.7 Å². The normalized spacial score (nSPS) is 20.5. The van der Waals surface area contributed by atoms with Gasteiger partial charge in [-0.05, 0) is 36.8 Å². The molecule has 1 N–H and O–H groups in total. The van der Waals surface area contributed by atoms with Gasteiger partial charge < -0.3 is 9.84 Å². The average Bonchev–Trinajstić information content (AvgIpc) is 3.40. The Hall–Kier alpha value is -3.09. The van der Waals surface area contributed by atoms with Crippen LogP contribution in [0.25, 0.3) is 16.1 Å². The van der Waals surface area contributed by atoms with Crippen molar-refractivity contribution in [3.8, 4) is 16.3 Å². The van der Waals surface area contributed by atoms with Gasteiger partial charge in [-0.25, -0.2) is 4.98 Å². The van der Waals surface area contributed by atoms with E-state index in [0.29, 0.717) is 45.5 Å². The summed E-state index contributed by atoms with van der Waals surface area (Å²) in [5.41, 5.74) is -1.50. The number of allylic oxidation sites excluding steroid dienone is 3. The third kappa shape index (κ3) is 4.29. The van der Waals surface area contributed by atoms with Gasteiger partial charge in [0.05, 0.1) is 42.0 Å². The van der Waals surface area contributed by atoms with Crippen molar-refractivity contribution in [2.75, 3.05) is 7.11 Å². The molecule has 4 nitrogen and oxygen atoms in total. The number of hydrogen-bond acceptors (Lipinski definition) is 6. The van der Waals surface area contributed by atoms with Gasteiger partial charge >= 0.3 is 17.8 Å². The zero-order valence-corrected chi connectivity index (χ0v) is 22.1. The molecule has 2 heterocycles. The number of fused-ring (bicyclic) bond motifs is 2. The maximum Gasteiger partial charge on any atom is 0.380 e. The number of thioether (sulfide) groups is 1. The fraction of sp³-hybridized carbons (Fsp3) is 0.259. The highest BCUT2D eigenvalue weighted by Gasteiger charge is 2.81. The Morgan fingerprint density at radius 2 is 1.54 bits per heavy atom. The monoisotopic (exact) mass is 582 g/mol. The molecule has 0 saturated heterocycles. The first kappa shape index (κ1) is 27.5. The molecule has 0 saturated carbocycles. The van der Waals surface area contributed by atoms with E-state index in [-0.39, 0.29) is 28.9 Å². The fourth-order valence-corrected chi connectivity index (χ4v) is 6.52. The molecule has 1 aliphatic heterocycles. The van der Waals surface area contributed by atoms with E-state index in [0.717, 1.165) is 6.08 Å². The van der Waals surface area contributed by atoms with E-state index >= 15 is 17.6 Å². The van der Waals surface area contributed by atoms with Crippen LogP contribution in [-0.4, -0.2) is 40.0 Å². The number of alkyl halides is 6. The molecule has 0 bridgehead atoms. The first-order valence-electron chi connectivity index (χ1n) is 11.6. The van der Waals surface area contributed by atoms with Gasteiger partial charge in [-0.15, -0.1) is 11.3 Å². The highest BCUT2D eigenvalue weighted by molar-refractivity contribution is 8.17. The summed E-state index contributed by atoms with van der Waals surface area (Å²) in [5, 5.41) is 9.68. The number of halogens is 6. The first-order valence-corrected chi connectivity index (χ1v) is 13.2. The van der Waals surface area contributed by atoms with Crippen LogP contribution in [0.5, 0.6) is 5.75 Å². The van der Waals surface area contributed by atoms with E-state index < -0.39 is 38.7 Å². The van der Waals surface area contributed by atoms with E-state index in [4.69, 9.17) is 4.74 Å². The van der Waals surface area contributed by atoms with Crippen molar-refractivity contribution in [3.63, 3.8) is 0 Å². The Morgan fingerprint density at radius 3 is 2.13 bits per heavy atom. The van der Waals surface area contributed by atoms with Crippen LogP contribution in [0.1, 0.15) is 28.6 Å². The van der Waals surface area contributed by atoms with E-state index in [1.54, 1.807) is 48.5 Å². The number of aliphatic hydroxyl groups is 1. The van der Waals surface area contributed by atoms with Crippen molar-refractivity contribution < 1.29 is 36.2 Å². The van der Waals surface area contributed by atoms with Gasteiger partial charge in [0.2, 0.25) is 0 Å². The summed E-state index contributed by atoms with van der Waals surface area (Å²) in [6.07, 6.45) is 1.11. The summed E-state index contributed by atoms with van der Waals surface area (Å²) in [4.78, 5) is 7.98. The second-order valence-electron chi connectivity index (χ2n) is 8.73. The number of aliphatic hydroxyl groups excluding tert-OH is 1. The number of ether oxygens (including phenoxy) is 1. The second-order valence-corrected chi connectivity index (χ2v) is 10.8. The van der Waals surface area contributed by atoms with Crippen molar-refractivity contribution in [2.45, 2.75) is 37.8 Å². The van der Waals surface area contributed by atoms with Gasteiger partial charge in [0, 0.05) is 16.0 Å². The van der Waals surface area contributed by atoms with Crippen molar-refractivity contribution >= 4 is 33.7 Å². The van der Waals surface area contributed by atoms with Gasteiger partial charge in [0.25, 0.3) is 0 Å². The third-order valence-electron chi connectivity index (χ3n) is 6.40. The lowest BCUT2D eigenvalue weighted by Gasteiger charge is -2.26. The number of rotatable bonds is 4. The number of nitrogens with zero attached hydrogens (tertiary/aromatic N) is 2. The minimum Gasteiger partial charge on any atom is -0.497 e. The molecular weight excluding hydrogens is 562 g/mol. The Balaban J connectivity index is 1.76. The van der Waals surface area contributed by atoms with Gasteiger partial charge in [0.15, 0.2) is 0 Å². The van der Waals surface area contributed by atoms with E-state index in [2.05, 4.69) is 9.98 Å². The molecule has 39 heavy (non-hydrogen) atoms. The summed E-state index contributed by atoms with van der Waals surface area (Å²) in [6.45, 7) is 0.772. The van der Waals surface area contributed by atoms with Crippen LogP contribution < -0.4 is 4.74 Å². The Labute approximate surface area is 227 Å². The highest BCUT2D eigenvalue weighted by Crippen LogP contribution is 2.65. The van der Waals surface area contributed by atoms with E-state index in [1.165, 1.54) is 14.0 Å². The van der Waals surface area contributed by atoms with Crippen LogP contribution >= 0.6 is 23.1 Å². The van der Waals surface area contributed by atoms with Crippen molar-refractivity contribution in [1.29, 1.82) is 0 Å². The third-order valence-corrected chi connectivity index (χ3v) is 8.78. The maximum absolute atomic E-state index is 15.4. The molecule has 1 aliphatic carbocycles. The number of thiazole rings is 1. The molecule has 2 aliphatic rings. The molecule has 0 fully saturated rings. The SMILES string of the molecule is C/C=C1/SC(c2ccc(CO)cc2)=NCc2nc(-c3ccc(OC)cc3)sc2C2=C1C(F)(F)C(F)(F)C2(F)F.